The lowest BCUT2D eigenvalue weighted by Gasteiger charge is -2.12. The van der Waals surface area contributed by atoms with Gasteiger partial charge in [-0.3, -0.25) is 4.79 Å². The van der Waals surface area contributed by atoms with E-state index in [1.807, 2.05) is 78.9 Å². The number of carbonyl (C=O) groups excluding carboxylic acids is 1. The van der Waals surface area contributed by atoms with Crippen LogP contribution in [0.1, 0.15) is 27.0 Å². The molecule has 1 aromatic heterocycles. The number of halogens is 2. The van der Waals surface area contributed by atoms with Gasteiger partial charge in [-0.25, -0.2) is 10.4 Å². The fourth-order valence-corrected chi connectivity index (χ4v) is 6.05. The van der Waals surface area contributed by atoms with Gasteiger partial charge in [0.05, 0.1) is 38.2 Å². The molecule has 1 N–H and O–H groups in total. The van der Waals surface area contributed by atoms with E-state index in [0.29, 0.717) is 29.2 Å². The Morgan fingerprint density at radius 1 is 0.974 bits per heavy atom. The first-order valence-corrected chi connectivity index (χ1v) is 14.1. The first-order valence-electron chi connectivity index (χ1n) is 11.9. The number of nitrogens with one attached hydrogen (secondary N) is 1. The van der Waals surface area contributed by atoms with Crippen molar-refractivity contribution in [2.24, 2.45) is 5.10 Å². The molecule has 6 nitrogen and oxygen atoms in total. The van der Waals surface area contributed by atoms with Gasteiger partial charge in [-0.1, -0.05) is 60.7 Å². The highest BCUT2D eigenvalue weighted by Crippen LogP contribution is 2.29. The van der Waals surface area contributed by atoms with Crippen molar-refractivity contribution in [1.29, 1.82) is 5.26 Å². The number of para-hydroxylation sites is 1. The monoisotopic (exact) mass is 734 g/mol. The third-order valence-corrected chi connectivity index (χ3v) is 7.33. The minimum Gasteiger partial charge on any atom is -0.487 e. The van der Waals surface area contributed by atoms with Gasteiger partial charge in [0, 0.05) is 20.1 Å². The number of pyridine rings is 1. The van der Waals surface area contributed by atoms with Gasteiger partial charge in [-0.2, -0.15) is 10.4 Å². The van der Waals surface area contributed by atoms with Crippen LogP contribution in [0.2, 0.25) is 0 Å². The second-order valence-electron chi connectivity index (χ2n) is 8.54. The summed E-state index contributed by atoms with van der Waals surface area (Å²) in [4.78, 5) is 18.1. The largest absolute Gasteiger partial charge is 0.487 e. The zero-order chi connectivity index (χ0) is 27.2. The summed E-state index contributed by atoms with van der Waals surface area (Å²) >= 11 is 4.47. The molecule has 190 valence electrons. The lowest BCUT2D eigenvalue weighted by molar-refractivity contribution is 0.0956. The number of nitrogens with zero attached hydrogens (tertiary/aromatic N) is 3. The highest BCUT2D eigenvalue weighted by atomic mass is 127. The topological polar surface area (TPSA) is 87.4 Å². The molecule has 0 aliphatic rings. The summed E-state index contributed by atoms with van der Waals surface area (Å²) in [6, 6.07) is 32.5. The van der Waals surface area contributed by atoms with Crippen LogP contribution >= 0.6 is 45.2 Å². The fourth-order valence-electron chi connectivity index (χ4n) is 4.00. The molecule has 0 saturated heterocycles. The van der Waals surface area contributed by atoms with Crippen molar-refractivity contribution < 1.29 is 9.53 Å². The minimum atomic E-state index is -0.331. The fraction of sp³-hybridized carbons (Fsp3) is 0.0323. The number of rotatable bonds is 7. The number of fused-ring (bicyclic) bond motifs is 1. The number of carbonyl (C=O) groups is 1. The van der Waals surface area contributed by atoms with E-state index >= 15 is 0 Å². The zero-order valence-corrected chi connectivity index (χ0v) is 24.8. The molecular weight excluding hydrogens is 714 g/mol. The molecule has 5 aromatic rings. The van der Waals surface area contributed by atoms with Crippen LogP contribution in [-0.2, 0) is 6.61 Å². The normalized spacial score (nSPS) is 10.9. The summed E-state index contributed by atoms with van der Waals surface area (Å²) in [6.07, 6.45) is 1.60. The van der Waals surface area contributed by atoms with E-state index in [1.165, 1.54) is 0 Å². The molecule has 0 unspecified atom stereocenters. The molecule has 1 amide bonds. The maximum absolute atomic E-state index is 13.3. The van der Waals surface area contributed by atoms with Gasteiger partial charge >= 0.3 is 0 Å². The molecule has 1 heterocycles. The Morgan fingerprint density at radius 2 is 1.72 bits per heavy atom. The highest BCUT2D eigenvalue weighted by molar-refractivity contribution is 14.1. The average Bonchev–Trinajstić information content (AvgIpc) is 2.96. The van der Waals surface area contributed by atoms with E-state index in [2.05, 4.69) is 61.8 Å². The molecule has 0 atom stereocenters. The standard InChI is InChI=1S/C31H20I2N4O2/c32-24-14-23(30(27(33)15-24)39-19-21-12-10-20(17-34)11-13-21)18-35-37-31(38)26-16-29(22-6-2-1-3-7-22)36-28-9-5-4-8-25(26)28/h1-16,18H,19H2,(H,37,38)/b35-18-. The third-order valence-electron chi connectivity index (χ3n) is 5.90. The number of hydrazone groups is 1. The second kappa shape index (κ2) is 12.4. The molecule has 39 heavy (non-hydrogen) atoms. The third kappa shape index (κ3) is 6.43. The first-order chi connectivity index (χ1) is 19.0. The van der Waals surface area contributed by atoms with E-state index in [-0.39, 0.29) is 5.91 Å². The number of nitriles is 1. The van der Waals surface area contributed by atoms with Crippen LogP contribution in [0.3, 0.4) is 0 Å². The Bertz CT molecular complexity index is 1730. The van der Waals surface area contributed by atoms with Crippen molar-refractivity contribution in [2.45, 2.75) is 6.61 Å². The van der Waals surface area contributed by atoms with Crippen molar-refractivity contribution in [3.63, 3.8) is 0 Å². The first kappa shape index (κ1) is 26.8. The minimum absolute atomic E-state index is 0.331. The van der Waals surface area contributed by atoms with Crippen LogP contribution in [0.4, 0.5) is 0 Å². The molecule has 0 aliphatic carbocycles. The Morgan fingerprint density at radius 3 is 2.49 bits per heavy atom. The zero-order valence-electron chi connectivity index (χ0n) is 20.4. The van der Waals surface area contributed by atoms with E-state index in [0.717, 1.165) is 34.7 Å². The summed E-state index contributed by atoms with van der Waals surface area (Å²) in [5, 5.41) is 14.0. The van der Waals surface area contributed by atoms with Crippen molar-refractivity contribution in [2.75, 3.05) is 0 Å². The Kier molecular flexibility index (Phi) is 8.48. The van der Waals surface area contributed by atoms with Crippen LogP contribution in [0.5, 0.6) is 5.75 Å². The van der Waals surface area contributed by atoms with E-state index < -0.39 is 0 Å². The van der Waals surface area contributed by atoms with Crippen molar-refractivity contribution in [3.8, 4) is 23.1 Å². The number of benzene rings is 4. The molecule has 0 bridgehead atoms. The number of hydrogen-bond donors (Lipinski definition) is 1. The highest BCUT2D eigenvalue weighted by Gasteiger charge is 2.14. The smallest absolute Gasteiger partial charge is 0.272 e. The van der Waals surface area contributed by atoms with Crippen LogP contribution in [0, 0.1) is 18.5 Å². The number of hydrogen-bond acceptors (Lipinski definition) is 5. The Balaban J connectivity index is 1.39. The SMILES string of the molecule is N#Cc1ccc(COc2c(I)cc(I)cc2/C=N\NC(=O)c2cc(-c3ccccc3)nc3ccccc23)cc1. The maximum atomic E-state index is 13.3. The number of ether oxygens (including phenoxy) is 1. The number of amides is 1. The predicted octanol–water partition coefficient (Wildman–Crippen LogP) is 7.33. The molecule has 0 saturated carbocycles. The van der Waals surface area contributed by atoms with Crippen LogP contribution in [0.25, 0.3) is 22.2 Å². The molecule has 0 fully saturated rings. The van der Waals surface area contributed by atoms with Gasteiger partial charge in [0.25, 0.3) is 5.91 Å². The van der Waals surface area contributed by atoms with Gasteiger partial charge in [-0.15, -0.1) is 0 Å². The van der Waals surface area contributed by atoms with E-state index in [1.54, 1.807) is 24.4 Å². The lowest BCUT2D eigenvalue weighted by Crippen LogP contribution is -2.18. The van der Waals surface area contributed by atoms with E-state index in [9.17, 15) is 4.79 Å². The molecule has 4 aromatic carbocycles. The molecular formula is C31H20I2N4O2. The summed E-state index contributed by atoms with van der Waals surface area (Å²) in [6.45, 7) is 0.334. The Hall–Kier alpha value is -3.82. The molecule has 0 aliphatic heterocycles. The van der Waals surface area contributed by atoms with Crippen LogP contribution in [-0.4, -0.2) is 17.1 Å². The van der Waals surface area contributed by atoms with Gasteiger partial charge in [0.1, 0.15) is 12.4 Å². The maximum Gasteiger partial charge on any atom is 0.272 e. The number of aromatic nitrogens is 1. The predicted molar refractivity (Wildman–Crippen MR) is 170 cm³/mol. The molecule has 0 spiro atoms. The quantitative estimate of drug-likeness (QED) is 0.108. The van der Waals surface area contributed by atoms with Crippen LogP contribution < -0.4 is 10.2 Å². The van der Waals surface area contributed by atoms with Crippen molar-refractivity contribution in [3.05, 3.63) is 126 Å². The van der Waals surface area contributed by atoms with Gasteiger partial charge in [0.2, 0.25) is 0 Å². The molecule has 8 heteroatoms. The summed E-state index contributed by atoms with van der Waals surface area (Å²) in [5.41, 5.74) is 7.84. The van der Waals surface area contributed by atoms with Crippen LogP contribution in [0.15, 0.2) is 102 Å². The van der Waals surface area contributed by atoms with Crippen molar-refractivity contribution in [1.82, 2.24) is 10.4 Å². The molecule has 0 radical (unpaired) electrons. The summed E-state index contributed by atoms with van der Waals surface area (Å²) in [7, 11) is 0. The van der Waals surface area contributed by atoms with Crippen molar-refractivity contribution >= 4 is 68.2 Å². The van der Waals surface area contributed by atoms with Gasteiger partial charge in [-0.05, 0) is 87.1 Å². The van der Waals surface area contributed by atoms with Gasteiger partial charge in [0.15, 0.2) is 0 Å². The van der Waals surface area contributed by atoms with Gasteiger partial charge < -0.3 is 4.74 Å². The second-order valence-corrected chi connectivity index (χ2v) is 10.9. The average molecular weight is 734 g/mol. The summed E-state index contributed by atoms with van der Waals surface area (Å²) in [5.74, 6) is 0.335. The molecule has 5 rings (SSSR count). The summed E-state index contributed by atoms with van der Waals surface area (Å²) < 4.78 is 8.08. The Labute approximate surface area is 253 Å². The van der Waals surface area contributed by atoms with E-state index in [4.69, 9.17) is 15.0 Å². The lowest BCUT2D eigenvalue weighted by atomic mass is 10.0.